The molecule has 0 spiro atoms. The van der Waals surface area contributed by atoms with Crippen molar-refractivity contribution in [1.29, 1.82) is 0 Å². The number of nitrogens with zero attached hydrogens (tertiary/aromatic N) is 2. The Kier molecular flexibility index (Phi) is 2.61. The molecule has 2 atom stereocenters. The highest BCUT2D eigenvalue weighted by molar-refractivity contribution is 5.88. The molecule has 1 aliphatic carbocycles. The van der Waals surface area contributed by atoms with Crippen molar-refractivity contribution in [3.05, 3.63) is 0 Å². The van der Waals surface area contributed by atoms with Crippen LogP contribution in [0.3, 0.4) is 0 Å². The monoisotopic (exact) mass is 254 g/mol. The summed E-state index contributed by atoms with van der Waals surface area (Å²) in [6.07, 6.45) is 1.50. The highest BCUT2D eigenvalue weighted by Crippen LogP contribution is 2.40. The van der Waals surface area contributed by atoms with Crippen LogP contribution in [-0.2, 0) is 9.59 Å². The molecule has 4 nitrogen and oxygen atoms in total. The minimum atomic E-state index is -1.62. The van der Waals surface area contributed by atoms with Crippen molar-refractivity contribution in [2.75, 3.05) is 26.2 Å². The van der Waals surface area contributed by atoms with Crippen LogP contribution in [0.15, 0.2) is 0 Å². The van der Waals surface area contributed by atoms with Gasteiger partial charge < -0.3 is 9.80 Å². The molecule has 2 aliphatic heterocycles. The molecule has 0 aromatic heterocycles. The topological polar surface area (TPSA) is 40.6 Å². The number of halogens is 1. The lowest BCUT2D eigenvalue weighted by molar-refractivity contribution is -0.149. The Balaban J connectivity index is 1.67. The Morgan fingerprint density at radius 3 is 2.61 bits per heavy atom. The molecular weight excluding hydrogens is 235 g/mol. The van der Waals surface area contributed by atoms with Crippen LogP contribution in [0.5, 0.6) is 0 Å². The first kappa shape index (κ1) is 11.9. The molecule has 0 aromatic rings. The lowest BCUT2D eigenvalue weighted by Gasteiger charge is -2.36. The van der Waals surface area contributed by atoms with Gasteiger partial charge in [-0.05, 0) is 26.2 Å². The molecule has 0 radical (unpaired) electrons. The molecule has 2 amide bonds. The third-order valence-electron chi connectivity index (χ3n) is 4.72. The molecule has 3 rings (SSSR count). The maximum atomic E-state index is 14.1. The number of carbonyl (C=O) groups is 2. The van der Waals surface area contributed by atoms with Crippen LogP contribution in [-0.4, -0.2) is 53.5 Å². The fraction of sp³-hybridized carbons (Fsp3) is 0.846. The van der Waals surface area contributed by atoms with Gasteiger partial charge in [-0.25, -0.2) is 4.39 Å². The van der Waals surface area contributed by atoms with E-state index in [1.54, 1.807) is 4.90 Å². The van der Waals surface area contributed by atoms with E-state index < -0.39 is 5.67 Å². The molecule has 0 bridgehead atoms. The molecule has 18 heavy (non-hydrogen) atoms. The van der Waals surface area contributed by atoms with Gasteiger partial charge in [-0.3, -0.25) is 9.59 Å². The van der Waals surface area contributed by atoms with Gasteiger partial charge in [0.15, 0.2) is 5.67 Å². The number of alkyl halides is 1. The molecule has 2 heterocycles. The number of amides is 2. The minimum absolute atomic E-state index is 0.0856. The molecule has 3 fully saturated rings. The van der Waals surface area contributed by atoms with E-state index in [4.69, 9.17) is 0 Å². The summed E-state index contributed by atoms with van der Waals surface area (Å²) in [6.45, 7) is 4.39. The van der Waals surface area contributed by atoms with E-state index in [0.717, 1.165) is 19.5 Å². The van der Waals surface area contributed by atoms with Gasteiger partial charge in [-0.1, -0.05) is 0 Å². The summed E-state index contributed by atoms with van der Waals surface area (Å²) in [5, 5.41) is 0. The van der Waals surface area contributed by atoms with Gasteiger partial charge in [0.1, 0.15) is 0 Å². The molecular formula is C13H19FN2O2. The lowest BCUT2D eigenvalue weighted by atomic mass is 9.81. The van der Waals surface area contributed by atoms with E-state index in [9.17, 15) is 14.0 Å². The summed E-state index contributed by atoms with van der Waals surface area (Å²) in [6, 6.07) is 0. The Hall–Kier alpha value is -1.13. The quantitative estimate of drug-likeness (QED) is 0.732. The zero-order valence-electron chi connectivity index (χ0n) is 10.7. The van der Waals surface area contributed by atoms with Crippen molar-refractivity contribution in [2.24, 2.45) is 11.8 Å². The standard InChI is InChI=1S/C13H19FN2O2/c1-2-15-6-9-7-16(8-10(9)11(15)17)12(18)13(14)4-3-5-13/h9-10H,2-8H2,1H3/t9-,10+/m1/s1. The van der Waals surface area contributed by atoms with E-state index in [-0.39, 0.29) is 23.7 Å². The summed E-state index contributed by atoms with van der Waals surface area (Å²) in [7, 11) is 0. The fourth-order valence-corrected chi connectivity index (χ4v) is 3.38. The SMILES string of the molecule is CCN1C[C@@H]2CN(C(=O)C3(F)CCC3)C[C@@H]2C1=O. The van der Waals surface area contributed by atoms with Crippen LogP contribution >= 0.6 is 0 Å². The maximum Gasteiger partial charge on any atom is 0.260 e. The predicted octanol–water partition coefficient (Wildman–Crippen LogP) is 0.815. The Labute approximate surface area is 106 Å². The van der Waals surface area contributed by atoms with E-state index in [0.29, 0.717) is 25.9 Å². The smallest absolute Gasteiger partial charge is 0.260 e. The molecule has 0 aromatic carbocycles. The highest BCUT2D eigenvalue weighted by atomic mass is 19.1. The average Bonchev–Trinajstić information content (AvgIpc) is 2.85. The van der Waals surface area contributed by atoms with Crippen molar-refractivity contribution in [1.82, 2.24) is 9.80 Å². The summed E-state index contributed by atoms with van der Waals surface area (Å²) in [5.74, 6) is -0.110. The number of hydrogen-bond donors (Lipinski definition) is 0. The van der Waals surface area contributed by atoms with Crippen molar-refractivity contribution in [2.45, 2.75) is 31.9 Å². The third kappa shape index (κ3) is 1.56. The van der Waals surface area contributed by atoms with Crippen molar-refractivity contribution in [3.8, 4) is 0 Å². The second-order valence-electron chi connectivity index (χ2n) is 5.77. The molecule has 0 N–H and O–H groups in total. The van der Waals surface area contributed by atoms with Crippen molar-refractivity contribution < 1.29 is 14.0 Å². The van der Waals surface area contributed by atoms with Crippen molar-refractivity contribution >= 4 is 11.8 Å². The van der Waals surface area contributed by atoms with Gasteiger partial charge in [0.2, 0.25) is 5.91 Å². The second kappa shape index (κ2) is 3.93. The first-order chi connectivity index (χ1) is 8.55. The third-order valence-corrected chi connectivity index (χ3v) is 4.72. The van der Waals surface area contributed by atoms with Gasteiger partial charge in [0.05, 0.1) is 5.92 Å². The van der Waals surface area contributed by atoms with Gasteiger partial charge in [-0.2, -0.15) is 0 Å². The van der Waals surface area contributed by atoms with E-state index in [1.807, 2.05) is 11.8 Å². The average molecular weight is 254 g/mol. The number of hydrogen-bond acceptors (Lipinski definition) is 2. The molecule has 100 valence electrons. The Morgan fingerprint density at radius 2 is 2.11 bits per heavy atom. The zero-order chi connectivity index (χ0) is 12.9. The van der Waals surface area contributed by atoms with Crippen LogP contribution in [0, 0.1) is 11.8 Å². The van der Waals surface area contributed by atoms with Gasteiger partial charge in [-0.15, -0.1) is 0 Å². The van der Waals surface area contributed by atoms with Crippen LogP contribution in [0.1, 0.15) is 26.2 Å². The van der Waals surface area contributed by atoms with E-state index >= 15 is 0 Å². The summed E-state index contributed by atoms with van der Waals surface area (Å²) >= 11 is 0. The Morgan fingerprint density at radius 1 is 1.39 bits per heavy atom. The summed E-state index contributed by atoms with van der Waals surface area (Å²) in [5.41, 5.74) is -1.62. The van der Waals surface area contributed by atoms with Gasteiger partial charge in [0.25, 0.3) is 5.91 Å². The highest BCUT2D eigenvalue weighted by Gasteiger charge is 2.52. The van der Waals surface area contributed by atoms with Gasteiger partial charge in [0, 0.05) is 32.1 Å². The zero-order valence-corrected chi connectivity index (χ0v) is 10.7. The van der Waals surface area contributed by atoms with Gasteiger partial charge >= 0.3 is 0 Å². The number of carbonyl (C=O) groups excluding carboxylic acids is 2. The Bertz CT molecular complexity index is 394. The first-order valence-corrected chi connectivity index (χ1v) is 6.82. The predicted molar refractivity (Wildman–Crippen MR) is 63.5 cm³/mol. The first-order valence-electron chi connectivity index (χ1n) is 6.82. The molecule has 2 saturated heterocycles. The maximum absolute atomic E-state index is 14.1. The molecule has 0 unspecified atom stereocenters. The van der Waals surface area contributed by atoms with Crippen LogP contribution in [0.25, 0.3) is 0 Å². The second-order valence-corrected chi connectivity index (χ2v) is 5.77. The number of likely N-dealkylation sites (tertiary alicyclic amines) is 2. The molecule has 3 aliphatic rings. The van der Waals surface area contributed by atoms with Crippen LogP contribution < -0.4 is 0 Å². The van der Waals surface area contributed by atoms with Crippen LogP contribution in [0.4, 0.5) is 4.39 Å². The van der Waals surface area contributed by atoms with Crippen LogP contribution in [0.2, 0.25) is 0 Å². The summed E-state index contributed by atoms with van der Waals surface area (Å²) < 4.78 is 14.1. The summed E-state index contributed by atoms with van der Waals surface area (Å²) in [4.78, 5) is 27.5. The lowest BCUT2D eigenvalue weighted by Crippen LogP contribution is -2.50. The van der Waals surface area contributed by atoms with Crippen molar-refractivity contribution in [3.63, 3.8) is 0 Å². The number of rotatable bonds is 2. The largest absolute Gasteiger partial charge is 0.342 e. The van der Waals surface area contributed by atoms with E-state index in [2.05, 4.69) is 0 Å². The molecule has 1 saturated carbocycles. The number of fused-ring (bicyclic) bond motifs is 1. The van der Waals surface area contributed by atoms with E-state index in [1.165, 1.54) is 0 Å². The normalized spacial score (nSPS) is 33.6. The fourth-order valence-electron chi connectivity index (χ4n) is 3.38. The molecule has 5 heteroatoms. The minimum Gasteiger partial charge on any atom is -0.342 e.